The van der Waals surface area contributed by atoms with Crippen LogP contribution in [0.5, 0.6) is 0 Å². The average Bonchev–Trinajstić information content (AvgIpc) is 2.69. The van der Waals surface area contributed by atoms with Gasteiger partial charge in [-0.05, 0) is 63.6 Å². The van der Waals surface area contributed by atoms with Crippen molar-refractivity contribution in [3.8, 4) is 0 Å². The van der Waals surface area contributed by atoms with E-state index in [2.05, 4.69) is 24.1 Å². The Hall–Kier alpha value is -0.0800. The van der Waals surface area contributed by atoms with Crippen LogP contribution < -0.4 is 5.32 Å². The molecule has 0 aromatic rings. The molecule has 3 unspecified atom stereocenters. The molecule has 112 valence electrons. The molecular weight excluding hydrogens is 232 g/mol. The summed E-state index contributed by atoms with van der Waals surface area (Å²) in [6, 6.07) is 0.788. The maximum absolute atomic E-state index is 3.76. The fraction of sp³-hybridized carbons (Fsp3) is 1.00. The van der Waals surface area contributed by atoms with Gasteiger partial charge in [0.25, 0.3) is 0 Å². The summed E-state index contributed by atoms with van der Waals surface area (Å²) in [7, 11) is 0. The molecule has 2 aliphatic rings. The highest BCUT2D eigenvalue weighted by Gasteiger charge is 2.30. The topological polar surface area (TPSA) is 15.3 Å². The van der Waals surface area contributed by atoms with Crippen molar-refractivity contribution in [1.82, 2.24) is 10.2 Å². The maximum atomic E-state index is 3.76. The number of hydrogen-bond acceptors (Lipinski definition) is 2. The van der Waals surface area contributed by atoms with Gasteiger partial charge in [-0.1, -0.05) is 33.1 Å². The highest BCUT2D eigenvalue weighted by Crippen LogP contribution is 2.32. The summed E-state index contributed by atoms with van der Waals surface area (Å²) >= 11 is 0. The minimum Gasteiger partial charge on any atom is -0.314 e. The molecule has 0 aromatic carbocycles. The van der Waals surface area contributed by atoms with Crippen molar-refractivity contribution >= 4 is 0 Å². The molecule has 1 saturated carbocycles. The van der Waals surface area contributed by atoms with Crippen molar-refractivity contribution in [2.75, 3.05) is 26.2 Å². The monoisotopic (exact) mass is 266 g/mol. The largest absolute Gasteiger partial charge is 0.314 e. The minimum absolute atomic E-state index is 0.788. The molecule has 2 rings (SSSR count). The number of nitrogens with one attached hydrogen (secondary N) is 1. The Morgan fingerprint density at radius 2 is 1.74 bits per heavy atom. The molecule has 1 saturated heterocycles. The summed E-state index contributed by atoms with van der Waals surface area (Å²) in [5, 5.41) is 3.76. The summed E-state index contributed by atoms with van der Waals surface area (Å²) < 4.78 is 0. The van der Waals surface area contributed by atoms with E-state index in [1.165, 1.54) is 71.0 Å². The molecule has 1 heterocycles. The van der Waals surface area contributed by atoms with Crippen LogP contribution in [0.3, 0.4) is 0 Å². The summed E-state index contributed by atoms with van der Waals surface area (Å²) in [5.74, 6) is 1.89. The summed E-state index contributed by atoms with van der Waals surface area (Å²) in [6.45, 7) is 9.83. The van der Waals surface area contributed by atoms with Gasteiger partial charge in [-0.25, -0.2) is 0 Å². The lowest BCUT2D eigenvalue weighted by molar-refractivity contribution is 0.140. The fourth-order valence-corrected chi connectivity index (χ4v) is 4.12. The highest BCUT2D eigenvalue weighted by atomic mass is 15.1. The highest BCUT2D eigenvalue weighted by molar-refractivity contribution is 4.86. The molecule has 2 nitrogen and oxygen atoms in total. The lowest BCUT2D eigenvalue weighted by Gasteiger charge is -2.39. The quantitative estimate of drug-likeness (QED) is 0.817. The van der Waals surface area contributed by atoms with Crippen LogP contribution in [0.4, 0.5) is 0 Å². The van der Waals surface area contributed by atoms with Crippen molar-refractivity contribution in [2.24, 2.45) is 11.8 Å². The van der Waals surface area contributed by atoms with Crippen molar-refractivity contribution in [3.05, 3.63) is 0 Å². The zero-order valence-corrected chi connectivity index (χ0v) is 13.2. The molecule has 1 aliphatic carbocycles. The molecule has 19 heavy (non-hydrogen) atoms. The van der Waals surface area contributed by atoms with Crippen LogP contribution in [0.1, 0.15) is 65.2 Å². The molecule has 3 atom stereocenters. The van der Waals surface area contributed by atoms with Gasteiger partial charge in [0.2, 0.25) is 0 Å². The standard InChI is InChI=1S/C17H34N2/c1-3-15-9-10-17(18-4-2)16(13-15)14-19-11-7-5-6-8-12-19/h15-18H,3-14H2,1-2H3. The van der Waals surface area contributed by atoms with Crippen molar-refractivity contribution < 1.29 is 0 Å². The van der Waals surface area contributed by atoms with E-state index in [4.69, 9.17) is 0 Å². The Morgan fingerprint density at radius 3 is 2.37 bits per heavy atom. The van der Waals surface area contributed by atoms with Crippen LogP contribution in [0, 0.1) is 11.8 Å². The van der Waals surface area contributed by atoms with E-state index in [1.54, 1.807) is 0 Å². The van der Waals surface area contributed by atoms with E-state index in [1.807, 2.05) is 0 Å². The van der Waals surface area contributed by atoms with E-state index in [9.17, 15) is 0 Å². The summed E-state index contributed by atoms with van der Waals surface area (Å²) in [6.07, 6.45) is 11.5. The van der Waals surface area contributed by atoms with Crippen LogP contribution >= 0.6 is 0 Å². The second-order valence-corrected chi connectivity index (χ2v) is 6.73. The van der Waals surface area contributed by atoms with Crippen molar-refractivity contribution in [2.45, 2.75) is 71.3 Å². The van der Waals surface area contributed by atoms with E-state index in [-0.39, 0.29) is 0 Å². The SMILES string of the molecule is CCNC1CCC(CC)CC1CN1CCCCCC1. The van der Waals surface area contributed by atoms with Gasteiger partial charge in [0.05, 0.1) is 0 Å². The first kappa shape index (κ1) is 15.3. The molecular formula is C17H34N2. The molecule has 0 bridgehead atoms. The van der Waals surface area contributed by atoms with Crippen LogP contribution in [-0.2, 0) is 0 Å². The fourth-order valence-electron chi connectivity index (χ4n) is 4.12. The first-order chi connectivity index (χ1) is 9.33. The van der Waals surface area contributed by atoms with Crippen molar-refractivity contribution in [3.63, 3.8) is 0 Å². The molecule has 0 amide bonds. The van der Waals surface area contributed by atoms with Crippen LogP contribution in [0.25, 0.3) is 0 Å². The Bertz CT molecular complexity index is 233. The Balaban J connectivity index is 1.88. The normalized spacial score (nSPS) is 34.1. The van der Waals surface area contributed by atoms with E-state index >= 15 is 0 Å². The first-order valence-electron chi connectivity index (χ1n) is 8.79. The average molecular weight is 266 g/mol. The summed E-state index contributed by atoms with van der Waals surface area (Å²) in [4.78, 5) is 2.76. The van der Waals surface area contributed by atoms with Crippen LogP contribution in [-0.4, -0.2) is 37.1 Å². The van der Waals surface area contributed by atoms with Gasteiger partial charge in [-0.2, -0.15) is 0 Å². The Morgan fingerprint density at radius 1 is 1.00 bits per heavy atom. The molecule has 1 aliphatic heterocycles. The number of likely N-dealkylation sites (tertiary alicyclic amines) is 1. The summed E-state index contributed by atoms with van der Waals surface area (Å²) in [5.41, 5.74) is 0. The Kier molecular flexibility index (Phi) is 6.66. The van der Waals surface area contributed by atoms with Crippen LogP contribution in [0.2, 0.25) is 0 Å². The molecule has 2 fully saturated rings. The van der Waals surface area contributed by atoms with E-state index < -0.39 is 0 Å². The van der Waals surface area contributed by atoms with Gasteiger partial charge >= 0.3 is 0 Å². The van der Waals surface area contributed by atoms with Gasteiger partial charge in [0.1, 0.15) is 0 Å². The number of hydrogen-bond donors (Lipinski definition) is 1. The van der Waals surface area contributed by atoms with Gasteiger partial charge in [0.15, 0.2) is 0 Å². The third-order valence-corrected chi connectivity index (χ3v) is 5.33. The number of rotatable bonds is 5. The van der Waals surface area contributed by atoms with E-state index in [0.717, 1.165) is 24.4 Å². The molecule has 0 spiro atoms. The molecule has 0 aromatic heterocycles. The first-order valence-corrected chi connectivity index (χ1v) is 8.79. The predicted molar refractivity (Wildman–Crippen MR) is 83.5 cm³/mol. The second-order valence-electron chi connectivity index (χ2n) is 6.73. The second kappa shape index (κ2) is 8.26. The zero-order valence-electron chi connectivity index (χ0n) is 13.2. The molecule has 2 heteroatoms. The third-order valence-electron chi connectivity index (χ3n) is 5.33. The molecule has 1 N–H and O–H groups in total. The van der Waals surface area contributed by atoms with Gasteiger partial charge < -0.3 is 10.2 Å². The zero-order chi connectivity index (χ0) is 13.5. The van der Waals surface area contributed by atoms with Gasteiger partial charge in [-0.15, -0.1) is 0 Å². The van der Waals surface area contributed by atoms with Crippen LogP contribution in [0.15, 0.2) is 0 Å². The molecule has 0 radical (unpaired) electrons. The smallest absolute Gasteiger partial charge is 0.0108 e. The Labute approximate surface area is 120 Å². The van der Waals surface area contributed by atoms with Gasteiger partial charge in [0, 0.05) is 12.6 Å². The van der Waals surface area contributed by atoms with Gasteiger partial charge in [-0.3, -0.25) is 0 Å². The minimum atomic E-state index is 0.788. The predicted octanol–water partition coefficient (Wildman–Crippen LogP) is 3.67. The third kappa shape index (κ3) is 4.75. The number of nitrogens with zero attached hydrogens (tertiary/aromatic N) is 1. The van der Waals surface area contributed by atoms with Crippen molar-refractivity contribution in [1.29, 1.82) is 0 Å². The maximum Gasteiger partial charge on any atom is 0.0108 e. The van der Waals surface area contributed by atoms with E-state index in [0.29, 0.717) is 0 Å². The lowest BCUT2D eigenvalue weighted by Crippen LogP contribution is -2.46. The lowest BCUT2D eigenvalue weighted by atomic mass is 9.76.